The van der Waals surface area contributed by atoms with E-state index in [1.165, 1.54) is 12.1 Å². The van der Waals surface area contributed by atoms with Crippen LogP contribution in [0.25, 0.3) is 0 Å². The second-order valence-electron chi connectivity index (χ2n) is 3.62. The third kappa shape index (κ3) is 2.64. The number of aromatic hydroxyl groups is 1. The number of carbonyl (C=O) groups is 1. The van der Waals surface area contributed by atoms with Gasteiger partial charge in [-0.3, -0.25) is 0 Å². The first-order valence-electron chi connectivity index (χ1n) is 4.82. The Hall–Kier alpha value is -1.75. The zero-order valence-electron chi connectivity index (χ0n) is 9.10. The Morgan fingerprint density at radius 1 is 1.44 bits per heavy atom. The van der Waals surface area contributed by atoms with Gasteiger partial charge in [-0.2, -0.15) is 0 Å². The van der Waals surface area contributed by atoms with Crippen molar-refractivity contribution < 1.29 is 24.9 Å². The van der Waals surface area contributed by atoms with Crippen LogP contribution >= 0.6 is 0 Å². The van der Waals surface area contributed by atoms with Crippen LogP contribution in [0.1, 0.15) is 29.8 Å². The van der Waals surface area contributed by atoms with Gasteiger partial charge in [0.25, 0.3) is 0 Å². The Labute approximate surface area is 92.9 Å². The van der Waals surface area contributed by atoms with E-state index in [9.17, 15) is 9.90 Å². The molecule has 0 fully saturated rings. The van der Waals surface area contributed by atoms with E-state index in [1.54, 1.807) is 13.8 Å². The molecule has 0 unspecified atom stereocenters. The molecular formula is C11H14O5. The highest BCUT2D eigenvalue weighted by Gasteiger charge is 2.17. The van der Waals surface area contributed by atoms with Gasteiger partial charge >= 0.3 is 5.97 Å². The molecule has 0 amide bonds. The average Bonchev–Trinajstić information content (AvgIpc) is 2.19. The van der Waals surface area contributed by atoms with Crippen LogP contribution in [0.3, 0.4) is 0 Å². The fraction of sp³-hybridized carbons (Fsp3) is 0.364. The van der Waals surface area contributed by atoms with E-state index >= 15 is 0 Å². The van der Waals surface area contributed by atoms with Gasteiger partial charge in [-0.25, -0.2) is 4.79 Å². The molecule has 0 saturated heterocycles. The van der Waals surface area contributed by atoms with Crippen LogP contribution in [0.5, 0.6) is 11.5 Å². The van der Waals surface area contributed by atoms with Gasteiger partial charge in [0.05, 0.1) is 12.7 Å². The summed E-state index contributed by atoms with van der Waals surface area (Å²) >= 11 is 0. The molecule has 0 aromatic heterocycles. The number of aromatic carboxylic acids is 1. The molecular weight excluding hydrogens is 212 g/mol. The van der Waals surface area contributed by atoms with Crippen molar-refractivity contribution >= 4 is 5.97 Å². The molecule has 0 aliphatic carbocycles. The fourth-order valence-electron chi connectivity index (χ4n) is 1.26. The monoisotopic (exact) mass is 226 g/mol. The van der Waals surface area contributed by atoms with Crippen molar-refractivity contribution in [2.45, 2.75) is 26.6 Å². The van der Waals surface area contributed by atoms with Crippen LogP contribution in [0.15, 0.2) is 12.1 Å². The van der Waals surface area contributed by atoms with Crippen LogP contribution in [-0.4, -0.2) is 27.4 Å². The van der Waals surface area contributed by atoms with Crippen molar-refractivity contribution in [3.05, 3.63) is 23.3 Å². The standard InChI is InChI=1S/C11H14O5/c1-6(2)16-9-4-7(5-12)3-8(10(9)13)11(14)15/h3-4,6,12-13H,5H2,1-2H3,(H,14,15). The van der Waals surface area contributed by atoms with E-state index in [2.05, 4.69) is 0 Å². The highest BCUT2D eigenvalue weighted by atomic mass is 16.5. The number of benzene rings is 1. The average molecular weight is 226 g/mol. The molecule has 5 heteroatoms. The maximum atomic E-state index is 10.8. The number of carboxylic acid groups (broad SMARTS) is 1. The van der Waals surface area contributed by atoms with Crippen LogP contribution in [-0.2, 0) is 6.61 Å². The summed E-state index contributed by atoms with van der Waals surface area (Å²) in [5.41, 5.74) is 0.105. The number of ether oxygens (including phenoxy) is 1. The van der Waals surface area contributed by atoms with Crippen LogP contribution in [0.4, 0.5) is 0 Å². The zero-order chi connectivity index (χ0) is 12.3. The maximum Gasteiger partial charge on any atom is 0.339 e. The van der Waals surface area contributed by atoms with E-state index in [0.717, 1.165) is 0 Å². The molecule has 3 N–H and O–H groups in total. The predicted molar refractivity (Wildman–Crippen MR) is 56.8 cm³/mol. The number of hydrogen-bond acceptors (Lipinski definition) is 4. The number of phenols is 1. The van der Waals surface area contributed by atoms with E-state index in [0.29, 0.717) is 5.56 Å². The van der Waals surface area contributed by atoms with Gasteiger partial charge < -0.3 is 20.1 Å². The van der Waals surface area contributed by atoms with Gasteiger partial charge in [0.2, 0.25) is 0 Å². The second kappa shape index (κ2) is 4.85. The lowest BCUT2D eigenvalue weighted by molar-refractivity contribution is 0.0692. The topological polar surface area (TPSA) is 87.0 Å². The minimum absolute atomic E-state index is 0.0685. The Morgan fingerprint density at radius 2 is 2.06 bits per heavy atom. The molecule has 16 heavy (non-hydrogen) atoms. The lowest BCUT2D eigenvalue weighted by Gasteiger charge is -2.13. The van der Waals surface area contributed by atoms with Gasteiger partial charge in [0.15, 0.2) is 11.5 Å². The zero-order valence-corrected chi connectivity index (χ0v) is 9.10. The molecule has 0 radical (unpaired) electrons. The minimum atomic E-state index is -1.26. The largest absolute Gasteiger partial charge is 0.504 e. The van der Waals surface area contributed by atoms with Crippen molar-refractivity contribution in [3.63, 3.8) is 0 Å². The van der Waals surface area contributed by atoms with Crippen molar-refractivity contribution in [1.29, 1.82) is 0 Å². The minimum Gasteiger partial charge on any atom is -0.504 e. The van der Waals surface area contributed by atoms with Crippen molar-refractivity contribution in [2.75, 3.05) is 0 Å². The molecule has 0 bridgehead atoms. The predicted octanol–water partition coefficient (Wildman–Crippen LogP) is 1.37. The van der Waals surface area contributed by atoms with Crippen LogP contribution < -0.4 is 4.74 Å². The maximum absolute atomic E-state index is 10.8. The SMILES string of the molecule is CC(C)Oc1cc(CO)cc(C(=O)O)c1O. The van der Waals surface area contributed by atoms with E-state index < -0.39 is 11.7 Å². The number of hydrogen-bond donors (Lipinski definition) is 3. The van der Waals surface area contributed by atoms with Gasteiger partial charge in [-0.05, 0) is 31.5 Å². The Balaban J connectivity index is 3.25. The Morgan fingerprint density at radius 3 is 2.50 bits per heavy atom. The summed E-state index contributed by atoms with van der Waals surface area (Å²) in [4.78, 5) is 10.8. The van der Waals surface area contributed by atoms with Crippen LogP contribution in [0, 0.1) is 0 Å². The number of aliphatic hydroxyl groups is 1. The summed E-state index contributed by atoms with van der Waals surface area (Å²) < 4.78 is 5.25. The van der Waals surface area contributed by atoms with Gasteiger partial charge in [0, 0.05) is 0 Å². The molecule has 0 saturated carbocycles. The van der Waals surface area contributed by atoms with Crippen molar-refractivity contribution in [1.82, 2.24) is 0 Å². The summed E-state index contributed by atoms with van der Waals surface area (Å²) in [5, 5.41) is 27.5. The number of aliphatic hydroxyl groups excluding tert-OH is 1. The number of rotatable bonds is 4. The summed E-state index contributed by atoms with van der Waals surface area (Å²) in [7, 11) is 0. The van der Waals surface area contributed by atoms with E-state index in [1.807, 2.05) is 0 Å². The first-order chi connectivity index (χ1) is 7.45. The van der Waals surface area contributed by atoms with Gasteiger partial charge in [0.1, 0.15) is 5.56 Å². The summed E-state index contributed by atoms with van der Waals surface area (Å²) in [5.74, 6) is -1.61. The first-order valence-corrected chi connectivity index (χ1v) is 4.82. The smallest absolute Gasteiger partial charge is 0.339 e. The molecule has 1 rings (SSSR count). The van der Waals surface area contributed by atoms with E-state index in [-0.39, 0.29) is 24.0 Å². The van der Waals surface area contributed by atoms with Crippen molar-refractivity contribution in [2.24, 2.45) is 0 Å². The first kappa shape index (κ1) is 12.3. The normalized spacial score (nSPS) is 10.5. The second-order valence-corrected chi connectivity index (χ2v) is 3.62. The lowest BCUT2D eigenvalue weighted by Crippen LogP contribution is -2.08. The Bertz CT molecular complexity index is 398. The molecule has 0 aliphatic rings. The molecule has 0 spiro atoms. The lowest BCUT2D eigenvalue weighted by atomic mass is 10.1. The van der Waals surface area contributed by atoms with Gasteiger partial charge in [-0.1, -0.05) is 0 Å². The van der Waals surface area contributed by atoms with Crippen molar-refractivity contribution in [3.8, 4) is 11.5 Å². The van der Waals surface area contributed by atoms with Gasteiger partial charge in [-0.15, -0.1) is 0 Å². The third-order valence-electron chi connectivity index (χ3n) is 1.91. The Kier molecular flexibility index (Phi) is 3.73. The summed E-state index contributed by atoms with van der Waals surface area (Å²) in [6, 6.07) is 2.63. The number of carboxylic acids is 1. The summed E-state index contributed by atoms with van der Waals surface area (Å²) in [6.07, 6.45) is -0.193. The molecule has 1 aromatic rings. The third-order valence-corrected chi connectivity index (χ3v) is 1.91. The van der Waals surface area contributed by atoms with Crippen LogP contribution in [0.2, 0.25) is 0 Å². The molecule has 0 atom stereocenters. The fourth-order valence-corrected chi connectivity index (χ4v) is 1.26. The van der Waals surface area contributed by atoms with E-state index in [4.69, 9.17) is 14.9 Å². The molecule has 5 nitrogen and oxygen atoms in total. The molecule has 0 aliphatic heterocycles. The molecule has 0 heterocycles. The quantitative estimate of drug-likeness (QED) is 0.721. The highest BCUT2D eigenvalue weighted by molar-refractivity contribution is 5.92. The summed E-state index contributed by atoms with van der Waals surface area (Å²) in [6.45, 7) is 3.20. The molecule has 1 aromatic carbocycles. The molecule has 88 valence electrons. The highest BCUT2D eigenvalue weighted by Crippen LogP contribution is 2.32.